The topological polar surface area (TPSA) is 110 Å². The predicted molar refractivity (Wildman–Crippen MR) is 153 cm³/mol. The van der Waals surface area contributed by atoms with E-state index in [-0.39, 0.29) is 18.1 Å². The summed E-state index contributed by atoms with van der Waals surface area (Å²) < 4.78 is 5.48. The molecule has 5 rings (SSSR count). The van der Waals surface area contributed by atoms with Crippen LogP contribution in [0, 0.1) is 11.3 Å². The first-order valence-corrected chi connectivity index (χ1v) is 13.5. The Kier molecular flexibility index (Phi) is 8.10. The Balaban J connectivity index is 1.50. The molecule has 2 saturated heterocycles. The second-order valence-electron chi connectivity index (χ2n) is 10.3. The van der Waals surface area contributed by atoms with Crippen molar-refractivity contribution in [1.29, 1.82) is 5.26 Å². The first-order valence-electron chi connectivity index (χ1n) is 13.5. The fourth-order valence-corrected chi connectivity index (χ4v) is 5.51. The van der Waals surface area contributed by atoms with Gasteiger partial charge in [-0.1, -0.05) is 24.3 Å². The SMILES string of the molecule is COc1cc(NC(=O)c2cc(N3CCN[C@@H](CC#N)C3)nc(N(C)C3CCCCN3C)n2)c2ccccc2c1. The van der Waals surface area contributed by atoms with Gasteiger partial charge in [0.15, 0.2) is 0 Å². The van der Waals surface area contributed by atoms with Gasteiger partial charge in [-0.15, -0.1) is 0 Å². The van der Waals surface area contributed by atoms with Crippen LogP contribution in [0.25, 0.3) is 10.8 Å². The van der Waals surface area contributed by atoms with E-state index in [0.29, 0.717) is 41.9 Å². The summed E-state index contributed by atoms with van der Waals surface area (Å²) in [6, 6.07) is 15.7. The Hall–Kier alpha value is -3.94. The van der Waals surface area contributed by atoms with Crippen LogP contribution in [0.5, 0.6) is 5.75 Å². The number of carbonyl (C=O) groups excluding carboxylic acids is 1. The second-order valence-corrected chi connectivity index (χ2v) is 10.3. The molecule has 3 heterocycles. The van der Waals surface area contributed by atoms with Crippen molar-refractivity contribution in [1.82, 2.24) is 20.2 Å². The lowest BCUT2D eigenvalue weighted by atomic mass is 10.1. The molecule has 2 aliphatic rings. The Morgan fingerprint density at radius 3 is 2.87 bits per heavy atom. The molecule has 0 radical (unpaired) electrons. The van der Waals surface area contributed by atoms with Gasteiger partial charge in [0, 0.05) is 50.2 Å². The minimum absolute atomic E-state index is 0.0461. The summed E-state index contributed by atoms with van der Waals surface area (Å²) in [7, 11) is 5.73. The minimum Gasteiger partial charge on any atom is -0.497 e. The molecule has 0 saturated carbocycles. The van der Waals surface area contributed by atoms with Crippen LogP contribution >= 0.6 is 0 Å². The maximum atomic E-state index is 13.7. The summed E-state index contributed by atoms with van der Waals surface area (Å²) in [5.41, 5.74) is 0.955. The number of likely N-dealkylation sites (tertiary alicyclic amines) is 1. The number of piperidine rings is 1. The largest absolute Gasteiger partial charge is 0.497 e. The average molecular weight is 529 g/mol. The Labute approximate surface area is 229 Å². The van der Waals surface area contributed by atoms with Crippen molar-refractivity contribution in [3.8, 4) is 11.8 Å². The molecule has 1 amide bonds. The summed E-state index contributed by atoms with van der Waals surface area (Å²) in [6.45, 7) is 3.12. The molecule has 2 aliphatic heterocycles. The third-order valence-corrected chi connectivity index (χ3v) is 7.66. The lowest BCUT2D eigenvalue weighted by molar-refractivity contribution is 0.102. The number of nitrogens with zero attached hydrogens (tertiary/aromatic N) is 6. The molecule has 3 aromatic rings. The fraction of sp³-hybridized carbons (Fsp3) is 0.448. The monoisotopic (exact) mass is 528 g/mol. The quantitative estimate of drug-likeness (QED) is 0.476. The molecule has 2 N–H and O–H groups in total. The van der Waals surface area contributed by atoms with Gasteiger partial charge in [-0.25, -0.2) is 4.98 Å². The van der Waals surface area contributed by atoms with E-state index in [1.165, 1.54) is 6.42 Å². The van der Waals surface area contributed by atoms with Crippen LogP contribution in [0.4, 0.5) is 17.5 Å². The van der Waals surface area contributed by atoms with Gasteiger partial charge in [-0.2, -0.15) is 10.2 Å². The molecule has 0 bridgehead atoms. The van der Waals surface area contributed by atoms with Gasteiger partial charge in [0.1, 0.15) is 17.3 Å². The number of benzene rings is 2. The summed E-state index contributed by atoms with van der Waals surface area (Å²) in [5.74, 6) is 1.56. The number of amides is 1. The van der Waals surface area contributed by atoms with Crippen molar-refractivity contribution in [2.75, 3.05) is 62.5 Å². The molecular formula is C29H36N8O2. The highest BCUT2D eigenvalue weighted by molar-refractivity contribution is 6.09. The maximum absolute atomic E-state index is 13.7. The molecule has 1 aromatic heterocycles. The number of methoxy groups -OCH3 is 1. The van der Waals surface area contributed by atoms with Crippen LogP contribution in [-0.4, -0.2) is 80.4 Å². The van der Waals surface area contributed by atoms with Crippen LogP contribution in [0.3, 0.4) is 0 Å². The van der Waals surface area contributed by atoms with E-state index >= 15 is 0 Å². The summed E-state index contributed by atoms with van der Waals surface area (Å²) in [4.78, 5) is 30.0. The van der Waals surface area contributed by atoms with E-state index in [2.05, 4.69) is 38.5 Å². The zero-order valence-electron chi connectivity index (χ0n) is 22.9. The third-order valence-electron chi connectivity index (χ3n) is 7.66. The Morgan fingerprint density at radius 1 is 1.23 bits per heavy atom. The van der Waals surface area contributed by atoms with E-state index in [9.17, 15) is 10.1 Å². The molecule has 2 atom stereocenters. The number of aromatic nitrogens is 2. The lowest BCUT2D eigenvalue weighted by Crippen LogP contribution is -2.51. The van der Waals surface area contributed by atoms with Crippen molar-refractivity contribution < 1.29 is 9.53 Å². The predicted octanol–water partition coefficient (Wildman–Crippen LogP) is 3.46. The van der Waals surface area contributed by atoms with Crippen LogP contribution in [0.1, 0.15) is 36.2 Å². The zero-order valence-corrected chi connectivity index (χ0v) is 22.9. The normalized spacial score (nSPS) is 19.9. The van der Waals surface area contributed by atoms with Crippen LogP contribution in [0.15, 0.2) is 42.5 Å². The molecule has 0 spiro atoms. The first kappa shape index (κ1) is 26.7. The van der Waals surface area contributed by atoms with Gasteiger partial charge in [-0.3, -0.25) is 9.69 Å². The van der Waals surface area contributed by atoms with Crippen molar-refractivity contribution in [2.45, 2.75) is 37.9 Å². The zero-order chi connectivity index (χ0) is 27.4. The summed E-state index contributed by atoms with van der Waals surface area (Å²) >= 11 is 0. The smallest absolute Gasteiger partial charge is 0.274 e. The van der Waals surface area contributed by atoms with E-state index in [4.69, 9.17) is 14.7 Å². The first-order chi connectivity index (χ1) is 19.0. The van der Waals surface area contributed by atoms with Crippen molar-refractivity contribution in [3.05, 3.63) is 48.2 Å². The minimum atomic E-state index is -0.313. The number of piperazine rings is 1. The van der Waals surface area contributed by atoms with E-state index in [0.717, 1.165) is 43.2 Å². The van der Waals surface area contributed by atoms with Gasteiger partial charge in [0.2, 0.25) is 5.95 Å². The molecular weight excluding hydrogens is 492 g/mol. The molecule has 204 valence electrons. The van der Waals surface area contributed by atoms with Crippen molar-refractivity contribution in [2.24, 2.45) is 0 Å². The van der Waals surface area contributed by atoms with E-state index in [1.807, 2.05) is 43.4 Å². The average Bonchev–Trinajstić information content (AvgIpc) is 2.97. The number of anilines is 3. The van der Waals surface area contributed by atoms with E-state index < -0.39 is 0 Å². The number of nitrogens with one attached hydrogen (secondary N) is 2. The second kappa shape index (κ2) is 11.8. The number of hydrogen-bond acceptors (Lipinski definition) is 9. The summed E-state index contributed by atoms with van der Waals surface area (Å²) in [5, 5.41) is 17.6. The third kappa shape index (κ3) is 5.90. The Morgan fingerprint density at radius 2 is 2.08 bits per heavy atom. The van der Waals surface area contributed by atoms with Crippen molar-refractivity contribution >= 4 is 34.1 Å². The van der Waals surface area contributed by atoms with Crippen LogP contribution in [-0.2, 0) is 0 Å². The number of fused-ring (bicyclic) bond motifs is 1. The molecule has 1 unspecified atom stereocenters. The standard InChI is InChI=1S/C29H36N8O2/c1-35-14-7-6-10-27(35)36(2)29-33-25(18-26(34-29)37-15-13-31-21(19-37)11-12-30)28(38)32-24-17-22(39-3)16-20-8-4-5-9-23(20)24/h4-5,8-9,16-18,21,27,31H,6-7,10-11,13-15,19H2,1-3H3,(H,32,38)/t21-,27?/m0/s1. The maximum Gasteiger partial charge on any atom is 0.274 e. The van der Waals surface area contributed by atoms with Crippen molar-refractivity contribution in [3.63, 3.8) is 0 Å². The van der Waals surface area contributed by atoms with Crippen LogP contribution in [0.2, 0.25) is 0 Å². The molecule has 10 nitrogen and oxygen atoms in total. The molecule has 10 heteroatoms. The highest BCUT2D eigenvalue weighted by atomic mass is 16.5. The van der Waals surface area contributed by atoms with Gasteiger partial charge in [0.25, 0.3) is 5.91 Å². The number of carbonyl (C=O) groups is 1. The van der Waals surface area contributed by atoms with Crippen LogP contribution < -0.4 is 25.2 Å². The number of rotatable bonds is 7. The van der Waals surface area contributed by atoms with Gasteiger partial charge >= 0.3 is 0 Å². The molecule has 2 fully saturated rings. The highest BCUT2D eigenvalue weighted by Crippen LogP contribution is 2.30. The number of hydrogen-bond donors (Lipinski definition) is 2. The molecule has 2 aromatic carbocycles. The highest BCUT2D eigenvalue weighted by Gasteiger charge is 2.28. The van der Waals surface area contributed by atoms with Gasteiger partial charge < -0.3 is 25.2 Å². The molecule has 0 aliphatic carbocycles. The number of ether oxygens (including phenoxy) is 1. The fourth-order valence-electron chi connectivity index (χ4n) is 5.51. The summed E-state index contributed by atoms with van der Waals surface area (Å²) in [6.07, 6.45) is 3.89. The lowest BCUT2D eigenvalue weighted by Gasteiger charge is -2.39. The molecule has 39 heavy (non-hydrogen) atoms. The van der Waals surface area contributed by atoms with Gasteiger partial charge in [0.05, 0.1) is 31.5 Å². The van der Waals surface area contributed by atoms with E-state index in [1.54, 1.807) is 13.2 Å². The number of nitriles is 1. The Bertz CT molecular complexity index is 1370. The van der Waals surface area contributed by atoms with Gasteiger partial charge in [-0.05, 0) is 44.3 Å².